The summed E-state index contributed by atoms with van der Waals surface area (Å²) < 4.78 is 15.8. The standard InChI is InChI=1S/C17H19NO4/c1-11-9-15(20-3)16(21-4)10-14(11)18-17(19)8-7-13-6-5-12(2)22-13/h5-10H,1-4H3,(H,18,19). The molecule has 1 N–H and O–H groups in total. The van der Waals surface area contributed by atoms with Crippen molar-refractivity contribution in [3.8, 4) is 11.5 Å². The first-order chi connectivity index (χ1) is 10.5. The SMILES string of the molecule is COc1cc(C)c(NC(=O)C=Cc2ccc(C)o2)cc1OC. The molecule has 2 aromatic rings. The highest BCUT2D eigenvalue weighted by molar-refractivity contribution is 6.02. The minimum Gasteiger partial charge on any atom is -0.493 e. The molecule has 0 saturated carbocycles. The Labute approximate surface area is 129 Å². The van der Waals surface area contributed by atoms with Crippen LogP contribution in [0.2, 0.25) is 0 Å². The fourth-order valence-corrected chi connectivity index (χ4v) is 1.99. The van der Waals surface area contributed by atoms with E-state index in [2.05, 4.69) is 5.32 Å². The summed E-state index contributed by atoms with van der Waals surface area (Å²) in [6, 6.07) is 7.20. The van der Waals surface area contributed by atoms with Gasteiger partial charge in [-0.3, -0.25) is 4.79 Å². The van der Waals surface area contributed by atoms with E-state index >= 15 is 0 Å². The lowest BCUT2D eigenvalue weighted by atomic mass is 10.1. The smallest absolute Gasteiger partial charge is 0.248 e. The number of carbonyl (C=O) groups excluding carboxylic acids is 1. The molecule has 0 unspecified atom stereocenters. The monoisotopic (exact) mass is 301 g/mol. The van der Waals surface area contributed by atoms with Crippen molar-refractivity contribution < 1.29 is 18.7 Å². The van der Waals surface area contributed by atoms with Crippen molar-refractivity contribution in [2.45, 2.75) is 13.8 Å². The third-order valence-corrected chi connectivity index (χ3v) is 3.15. The Morgan fingerprint density at radius 3 is 2.41 bits per heavy atom. The van der Waals surface area contributed by atoms with E-state index in [1.807, 2.05) is 26.0 Å². The van der Waals surface area contributed by atoms with Gasteiger partial charge in [0.25, 0.3) is 0 Å². The Kier molecular flexibility index (Phi) is 4.88. The Morgan fingerprint density at radius 1 is 1.14 bits per heavy atom. The van der Waals surface area contributed by atoms with Gasteiger partial charge < -0.3 is 19.2 Å². The average molecular weight is 301 g/mol. The molecule has 0 spiro atoms. The van der Waals surface area contributed by atoms with Crippen molar-refractivity contribution in [3.05, 3.63) is 47.4 Å². The first kappa shape index (κ1) is 15.7. The molecule has 0 fully saturated rings. The highest BCUT2D eigenvalue weighted by atomic mass is 16.5. The van der Waals surface area contributed by atoms with Gasteiger partial charge in [0, 0.05) is 17.8 Å². The van der Waals surface area contributed by atoms with Crippen molar-refractivity contribution in [1.29, 1.82) is 0 Å². The number of furan rings is 1. The third-order valence-electron chi connectivity index (χ3n) is 3.15. The van der Waals surface area contributed by atoms with Crippen LogP contribution in [0.5, 0.6) is 11.5 Å². The molecule has 22 heavy (non-hydrogen) atoms. The van der Waals surface area contributed by atoms with E-state index in [-0.39, 0.29) is 5.91 Å². The lowest BCUT2D eigenvalue weighted by Gasteiger charge is -2.12. The van der Waals surface area contributed by atoms with E-state index in [0.717, 1.165) is 11.3 Å². The molecule has 1 heterocycles. The van der Waals surface area contributed by atoms with Crippen molar-refractivity contribution in [2.75, 3.05) is 19.5 Å². The van der Waals surface area contributed by atoms with Gasteiger partial charge in [0.05, 0.1) is 14.2 Å². The van der Waals surface area contributed by atoms with E-state index in [4.69, 9.17) is 13.9 Å². The van der Waals surface area contributed by atoms with Crippen LogP contribution in [-0.4, -0.2) is 20.1 Å². The number of benzene rings is 1. The number of ether oxygens (including phenoxy) is 2. The maximum Gasteiger partial charge on any atom is 0.248 e. The summed E-state index contributed by atoms with van der Waals surface area (Å²) in [6.07, 6.45) is 3.05. The lowest BCUT2D eigenvalue weighted by molar-refractivity contribution is -0.111. The van der Waals surface area contributed by atoms with Gasteiger partial charge in [0.1, 0.15) is 11.5 Å². The summed E-state index contributed by atoms with van der Waals surface area (Å²) >= 11 is 0. The number of carbonyl (C=O) groups is 1. The number of hydrogen-bond donors (Lipinski definition) is 1. The molecule has 2 rings (SSSR count). The topological polar surface area (TPSA) is 60.7 Å². The number of amides is 1. The molecule has 5 nitrogen and oxygen atoms in total. The first-order valence-electron chi connectivity index (χ1n) is 6.81. The fourth-order valence-electron chi connectivity index (χ4n) is 1.99. The maximum absolute atomic E-state index is 12.0. The summed E-state index contributed by atoms with van der Waals surface area (Å²) in [4.78, 5) is 12.0. The molecule has 1 aromatic carbocycles. The van der Waals surface area contributed by atoms with E-state index in [1.165, 1.54) is 6.08 Å². The molecule has 116 valence electrons. The lowest BCUT2D eigenvalue weighted by Crippen LogP contribution is -2.09. The highest BCUT2D eigenvalue weighted by Gasteiger charge is 2.10. The van der Waals surface area contributed by atoms with Crippen molar-refractivity contribution in [3.63, 3.8) is 0 Å². The molecular formula is C17H19NO4. The zero-order valence-corrected chi connectivity index (χ0v) is 13.1. The molecule has 0 bridgehead atoms. The fraction of sp³-hybridized carbons (Fsp3) is 0.235. The van der Waals surface area contributed by atoms with Gasteiger partial charge in [-0.25, -0.2) is 0 Å². The van der Waals surface area contributed by atoms with Crippen LogP contribution < -0.4 is 14.8 Å². The van der Waals surface area contributed by atoms with E-state index in [1.54, 1.807) is 32.4 Å². The van der Waals surface area contributed by atoms with Crippen LogP contribution in [0, 0.1) is 13.8 Å². The molecule has 0 atom stereocenters. The third kappa shape index (κ3) is 3.69. The molecule has 0 aliphatic carbocycles. The van der Waals surface area contributed by atoms with Gasteiger partial charge in [-0.1, -0.05) is 0 Å². The second-order valence-corrected chi connectivity index (χ2v) is 4.79. The van der Waals surface area contributed by atoms with Gasteiger partial charge in [-0.05, 0) is 43.7 Å². The molecule has 0 aliphatic rings. The maximum atomic E-state index is 12.0. The van der Waals surface area contributed by atoms with E-state index in [9.17, 15) is 4.79 Å². The molecule has 0 aliphatic heterocycles. The molecule has 1 amide bonds. The minimum absolute atomic E-state index is 0.246. The van der Waals surface area contributed by atoms with Crippen molar-refractivity contribution in [1.82, 2.24) is 0 Å². The zero-order valence-electron chi connectivity index (χ0n) is 13.1. The summed E-state index contributed by atoms with van der Waals surface area (Å²) in [6.45, 7) is 3.74. The van der Waals surface area contributed by atoms with Crippen LogP contribution in [0.4, 0.5) is 5.69 Å². The van der Waals surface area contributed by atoms with Crippen LogP contribution in [-0.2, 0) is 4.79 Å². The Morgan fingerprint density at radius 2 is 1.82 bits per heavy atom. The Hall–Kier alpha value is -2.69. The summed E-state index contributed by atoms with van der Waals surface area (Å²) in [5, 5.41) is 2.81. The molecule has 0 saturated heterocycles. The van der Waals surface area contributed by atoms with Gasteiger partial charge in [0.15, 0.2) is 11.5 Å². The number of anilines is 1. The molecule has 1 aromatic heterocycles. The van der Waals surface area contributed by atoms with Crippen LogP contribution in [0.15, 0.2) is 34.8 Å². The zero-order chi connectivity index (χ0) is 16.1. The predicted octanol–water partition coefficient (Wildman–Crippen LogP) is 3.57. The van der Waals surface area contributed by atoms with Crippen LogP contribution in [0.3, 0.4) is 0 Å². The molecule has 5 heteroatoms. The first-order valence-corrected chi connectivity index (χ1v) is 6.81. The van der Waals surface area contributed by atoms with Crippen molar-refractivity contribution >= 4 is 17.7 Å². The van der Waals surface area contributed by atoms with Crippen molar-refractivity contribution in [2.24, 2.45) is 0 Å². The van der Waals surface area contributed by atoms with E-state index < -0.39 is 0 Å². The number of nitrogens with one attached hydrogen (secondary N) is 1. The second kappa shape index (κ2) is 6.85. The normalized spacial score (nSPS) is 10.7. The number of aryl methyl sites for hydroxylation is 2. The summed E-state index contributed by atoms with van der Waals surface area (Å²) in [5.74, 6) is 2.38. The van der Waals surface area contributed by atoms with Gasteiger partial charge in [-0.2, -0.15) is 0 Å². The second-order valence-electron chi connectivity index (χ2n) is 4.79. The highest BCUT2D eigenvalue weighted by Crippen LogP contribution is 2.32. The van der Waals surface area contributed by atoms with Crippen LogP contribution in [0.1, 0.15) is 17.1 Å². The van der Waals surface area contributed by atoms with E-state index in [0.29, 0.717) is 22.9 Å². The Bertz CT molecular complexity index is 701. The van der Waals surface area contributed by atoms with Crippen LogP contribution in [0.25, 0.3) is 6.08 Å². The number of hydrogen-bond acceptors (Lipinski definition) is 4. The van der Waals surface area contributed by atoms with Gasteiger partial charge in [0.2, 0.25) is 5.91 Å². The number of methoxy groups -OCH3 is 2. The van der Waals surface area contributed by atoms with Gasteiger partial charge >= 0.3 is 0 Å². The van der Waals surface area contributed by atoms with Gasteiger partial charge in [-0.15, -0.1) is 0 Å². The predicted molar refractivity (Wildman–Crippen MR) is 85.4 cm³/mol. The molecular weight excluding hydrogens is 282 g/mol. The largest absolute Gasteiger partial charge is 0.493 e. The Balaban J connectivity index is 2.12. The summed E-state index contributed by atoms with van der Waals surface area (Å²) in [5.41, 5.74) is 1.55. The average Bonchev–Trinajstić information content (AvgIpc) is 2.92. The number of rotatable bonds is 5. The van der Waals surface area contributed by atoms with Crippen LogP contribution >= 0.6 is 0 Å². The minimum atomic E-state index is -0.246. The quantitative estimate of drug-likeness (QED) is 0.858. The molecule has 0 radical (unpaired) electrons. The summed E-state index contributed by atoms with van der Waals surface area (Å²) in [7, 11) is 3.13.